The Morgan fingerprint density at radius 2 is 2.00 bits per heavy atom. The van der Waals surface area contributed by atoms with Gasteiger partial charge in [0, 0.05) is 31.8 Å². The first-order valence-electron chi connectivity index (χ1n) is 15.1. The highest BCUT2D eigenvalue weighted by molar-refractivity contribution is 5.97. The highest BCUT2D eigenvalue weighted by Gasteiger charge is 2.66. The summed E-state index contributed by atoms with van der Waals surface area (Å²) in [5.74, 6) is 6.81. The minimum absolute atomic E-state index is 0.0308. The van der Waals surface area contributed by atoms with E-state index in [4.69, 9.17) is 9.47 Å². The van der Waals surface area contributed by atoms with Crippen LogP contribution in [0.1, 0.15) is 63.9 Å². The maximum atomic E-state index is 16.0. The van der Waals surface area contributed by atoms with E-state index < -0.39 is 17.0 Å². The Morgan fingerprint density at radius 3 is 2.68 bits per heavy atom. The molecule has 0 bridgehead atoms. The normalized spacial score (nSPS) is 35.7. The van der Waals surface area contributed by atoms with Crippen LogP contribution in [0.15, 0.2) is 52.2 Å². The third kappa shape index (κ3) is 4.46. The number of halogens is 1. The minimum atomic E-state index is -1.12. The highest BCUT2D eigenvalue weighted by Crippen LogP contribution is 2.69. The average Bonchev–Trinajstić information content (AvgIpc) is 3.30. The van der Waals surface area contributed by atoms with Gasteiger partial charge in [0.2, 0.25) is 0 Å². The van der Waals surface area contributed by atoms with E-state index in [1.807, 2.05) is 6.92 Å². The summed E-state index contributed by atoms with van der Waals surface area (Å²) < 4.78 is 26.9. The van der Waals surface area contributed by atoms with Gasteiger partial charge in [-0.1, -0.05) is 35.7 Å². The third-order valence-corrected chi connectivity index (χ3v) is 10.9. The number of ketones is 1. The molecule has 2 saturated carbocycles. The molecule has 0 amide bonds. The summed E-state index contributed by atoms with van der Waals surface area (Å²) in [7, 11) is 1.57. The average molecular weight is 561 g/mol. The predicted octanol–water partition coefficient (Wildman–Crippen LogP) is 5.86. The molecule has 0 radical (unpaired) electrons. The van der Waals surface area contributed by atoms with Crippen LogP contribution in [-0.4, -0.2) is 62.9 Å². The summed E-state index contributed by atoms with van der Waals surface area (Å²) in [5.41, 5.74) is 4.83. The van der Waals surface area contributed by atoms with Crippen molar-refractivity contribution in [3.05, 3.63) is 52.6 Å². The summed E-state index contributed by atoms with van der Waals surface area (Å²) in [6.45, 7) is 7.31. The second kappa shape index (κ2) is 11.0. The van der Waals surface area contributed by atoms with Crippen LogP contribution < -0.4 is 4.90 Å². The molecule has 4 aliphatic carbocycles. The monoisotopic (exact) mass is 560 g/mol. The number of nitrogens with zero attached hydrogens (tertiary/aromatic N) is 2. The van der Waals surface area contributed by atoms with Crippen LogP contribution in [0.3, 0.4) is 0 Å². The topological polar surface area (TPSA) is 71.4 Å². The van der Waals surface area contributed by atoms with E-state index in [0.29, 0.717) is 37.0 Å². The van der Waals surface area contributed by atoms with Crippen molar-refractivity contribution in [2.75, 3.05) is 44.9 Å². The Hall–Kier alpha value is -2.95. The largest absolute Gasteiger partial charge is 0.411 e. The van der Waals surface area contributed by atoms with Crippen molar-refractivity contribution in [1.29, 1.82) is 0 Å². The maximum Gasteiger partial charge on any atom is 0.176 e. The van der Waals surface area contributed by atoms with E-state index in [-0.39, 0.29) is 30.1 Å². The Bertz CT molecular complexity index is 1350. The molecule has 6 atom stereocenters. The lowest BCUT2D eigenvalue weighted by Crippen LogP contribution is -2.52. The summed E-state index contributed by atoms with van der Waals surface area (Å²) >= 11 is 0. The zero-order valence-corrected chi connectivity index (χ0v) is 24.4. The quantitative estimate of drug-likeness (QED) is 0.278. The predicted molar refractivity (Wildman–Crippen MR) is 157 cm³/mol. The van der Waals surface area contributed by atoms with Crippen LogP contribution in [0.2, 0.25) is 0 Å². The first-order valence-corrected chi connectivity index (χ1v) is 15.1. The van der Waals surface area contributed by atoms with E-state index in [2.05, 4.69) is 53.1 Å². The van der Waals surface area contributed by atoms with Gasteiger partial charge in [0.15, 0.2) is 5.78 Å². The number of rotatable bonds is 5. The SMILES string of the molecule is CC#C[C@]1(C(=O)COC)CC[C@H]2[C@@H]3CC(F)C4=C/C(=N/O)CCC4=C3[C@@H](c3ccc(N4CCOCC4)cc3)C[C@@]21C. The van der Waals surface area contributed by atoms with E-state index in [1.54, 1.807) is 13.2 Å². The Kier molecular flexibility index (Phi) is 7.59. The molecule has 1 heterocycles. The lowest BCUT2D eigenvalue weighted by atomic mass is 9.48. The van der Waals surface area contributed by atoms with Crippen molar-refractivity contribution < 1.29 is 23.9 Å². The molecule has 0 aromatic heterocycles. The fourth-order valence-electron chi connectivity index (χ4n) is 8.99. The summed E-state index contributed by atoms with van der Waals surface area (Å²) in [6.07, 6.45) is 4.61. The molecular weight excluding hydrogens is 519 g/mol. The molecule has 5 aliphatic rings. The number of carbonyl (C=O) groups excluding carboxylic acids is 1. The number of benzene rings is 1. The first kappa shape index (κ1) is 28.2. The number of Topliss-reactive ketones (excluding diaryl/α,β-unsaturated/α-hetero) is 1. The van der Waals surface area contributed by atoms with Gasteiger partial charge in [0.25, 0.3) is 0 Å². The van der Waals surface area contributed by atoms with Crippen molar-refractivity contribution in [1.82, 2.24) is 0 Å². The fourth-order valence-corrected chi connectivity index (χ4v) is 8.99. The fraction of sp³-hybridized carbons (Fsp3) is 0.588. The Morgan fingerprint density at radius 1 is 1.24 bits per heavy atom. The second-order valence-corrected chi connectivity index (χ2v) is 12.6. The van der Waals surface area contributed by atoms with Crippen LogP contribution >= 0.6 is 0 Å². The zero-order valence-electron chi connectivity index (χ0n) is 24.4. The lowest BCUT2D eigenvalue weighted by Gasteiger charge is -2.55. The van der Waals surface area contributed by atoms with Crippen molar-refractivity contribution in [3.63, 3.8) is 0 Å². The van der Waals surface area contributed by atoms with Crippen molar-refractivity contribution in [2.45, 2.75) is 64.5 Å². The van der Waals surface area contributed by atoms with Crippen molar-refractivity contribution in [2.24, 2.45) is 27.8 Å². The Balaban J connectivity index is 1.49. The van der Waals surface area contributed by atoms with Gasteiger partial charge >= 0.3 is 0 Å². The van der Waals surface area contributed by atoms with Crippen LogP contribution in [0.25, 0.3) is 0 Å². The molecule has 6 rings (SSSR count). The number of morpholine rings is 1. The van der Waals surface area contributed by atoms with Crippen molar-refractivity contribution >= 4 is 17.2 Å². The molecule has 1 aliphatic heterocycles. The number of allylic oxidation sites excluding steroid dienone is 4. The first-order chi connectivity index (χ1) is 19.9. The summed E-state index contributed by atoms with van der Waals surface area (Å²) in [5, 5.41) is 12.9. The number of fused-ring (bicyclic) bond motifs is 4. The van der Waals surface area contributed by atoms with Gasteiger partial charge in [0.05, 0.1) is 24.3 Å². The number of methoxy groups -OCH3 is 1. The van der Waals surface area contributed by atoms with Gasteiger partial charge in [-0.3, -0.25) is 4.79 Å². The number of oxime groups is 1. The number of carbonyl (C=O) groups is 1. The van der Waals surface area contributed by atoms with Gasteiger partial charge < -0.3 is 19.6 Å². The van der Waals surface area contributed by atoms with E-state index in [1.165, 1.54) is 16.8 Å². The third-order valence-electron chi connectivity index (χ3n) is 10.9. The minimum Gasteiger partial charge on any atom is -0.411 e. The molecular formula is C34H41FN2O4. The van der Waals surface area contributed by atoms with Gasteiger partial charge in [-0.2, -0.15) is 0 Å². The van der Waals surface area contributed by atoms with Crippen LogP contribution in [0, 0.1) is 34.5 Å². The highest BCUT2D eigenvalue weighted by atomic mass is 19.1. The van der Waals surface area contributed by atoms with Crippen molar-refractivity contribution in [3.8, 4) is 11.8 Å². The molecule has 218 valence electrons. The maximum absolute atomic E-state index is 16.0. The van der Waals surface area contributed by atoms with E-state index >= 15 is 4.39 Å². The summed E-state index contributed by atoms with van der Waals surface area (Å²) in [6, 6.07) is 8.87. The Labute approximate surface area is 242 Å². The number of hydrogen-bond acceptors (Lipinski definition) is 6. The molecule has 1 aromatic carbocycles. The van der Waals surface area contributed by atoms with Crippen LogP contribution in [-0.2, 0) is 14.3 Å². The standard InChI is InChI=1S/C34H41FN2O4/c1-4-12-34(31(38)21-40-3)13-11-29-27-19-30(35)26-18-23(36-39)7-10-25(26)32(27)28(20-33(29,34)2)22-5-8-24(9-6-22)37-14-16-41-17-15-37/h5-6,8-9,18,27-30,39H,7,10-11,13-17,19-21H2,1-3H3/b36-23+/t27-,28+,29-,30?,33-,34+/m0/s1. The molecule has 1 N–H and O–H groups in total. The molecule has 1 aromatic rings. The van der Waals surface area contributed by atoms with Gasteiger partial charge in [-0.25, -0.2) is 4.39 Å². The molecule has 41 heavy (non-hydrogen) atoms. The second-order valence-electron chi connectivity index (χ2n) is 12.6. The van der Waals surface area contributed by atoms with Gasteiger partial charge in [-0.15, -0.1) is 5.92 Å². The van der Waals surface area contributed by atoms with Crippen LogP contribution in [0.4, 0.5) is 10.1 Å². The molecule has 7 heteroatoms. The smallest absolute Gasteiger partial charge is 0.176 e. The summed E-state index contributed by atoms with van der Waals surface area (Å²) in [4.78, 5) is 16.2. The zero-order chi connectivity index (χ0) is 28.8. The molecule has 6 nitrogen and oxygen atoms in total. The lowest BCUT2D eigenvalue weighted by molar-refractivity contribution is -0.136. The molecule has 1 unspecified atom stereocenters. The van der Waals surface area contributed by atoms with Gasteiger partial charge in [-0.05, 0) is 97.6 Å². The number of anilines is 1. The van der Waals surface area contributed by atoms with E-state index in [0.717, 1.165) is 44.7 Å². The molecule has 1 saturated heterocycles. The molecule has 0 spiro atoms. The number of hydrogen-bond donors (Lipinski definition) is 1. The van der Waals surface area contributed by atoms with Crippen LogP contribution in [0.5, 0.6) is 0 Å². The number of ether oxygens (including phenoxy) is 2. The molecule has 3 fully saturated rings. The van der Waals surface area contributed by atoms with E-state index in [9.17, 15) is 10.0 Å². The van der Waals surface area contributed by atoms with Gasteiger partial charge in [0.1, 0.15) is 12.8 Å². The number of alkyl halides is 1.